The molecule has 1 saturated heterocycles. The van der Waals surface area contributed by atoms with E-state index < -0.39 is 6.10 Å². The highest BCUT2D eigenvalue weighted by Crippen LogP contribution is 2.21. The molecule has 0 aromatic carbocycles. The summed E-state index contributed by atoms with van der Waals surface area (Å²) in [6.07, 6.45) is 1.68. The van der Waals surface area contributed by atoms with Gasteiger partial charge in [-0.1, -0.05) is 4.49 Å². The minimum absolute atomic E-state index is 0.175. The third kappa shape index (κ3) is 1.48. The van der Waals surface area contributed by atoms with Gasteiger partial charge in [0, 0.05) is 11.4 Å². The molecule has 2 unspecified atom stereocenters. The van der Waals surface area contributed by atoms with Crippen LogP contribution in [0.3, 0.4) is 0 Å². The van der Waals surface area contributed by atoms with Crippen molar-refractivity contribution in [1.82, 2.24) is 14.9 Å². The third-order valence-electron chi connectivity index (χ3n) is 2.16. The smallest absolute Gasteiger partial charge is 0.114 e. The van der Waals surface area contributed by atoms with E-state index in [0.29, 0.717) is 5.69 Å². The second-order valence-electron chi connectivity index (χ2n) is 2.98. The topological polar surface area (TPSA) is 58.0 Å². The Morgan fingerprint density at radius 3 is 3.25 bits per heavy atom. The van der Waals surface area contributed by atoms with Crippen LogP contribution in [0.5, 0.6) is 0 Å². The predicted molar refractivity (Wildman–Crippen MR) is 45.9 cm³/mol. The van der Waals surface area contributed by atoms with Crippen LogP contribution in [0.2, 0.25) is 0 Å². The van der Waals surface area contributed by atoms with Gasteiger partial charge in [0.25, 0.3) is 0 Å². The summed E-state index contributed by atoms with van der Waals surface area (Å²) in [6, 6.07) is 0.175. The van der Waals surface area contributed by atoms with Gasteiger partial charge in [-0.2, -0.15) is 0 Å². The van der Waals surface area contributed by atoms with Crippen molar-refractivity contribution in [2.75, 3.05) is 6.54 Å². The molecule has 1 aromatic heterocycles. The van der Waals surface area contributed by atoms with Crippen molar-refractivity contribution in [3.8, 4) is 0 Å². The summed E-state index contributed by atoms with van der Waals surface area (Å²) >= 11 is 1.28. The molecule has 2 rings (SSSR count). The Hall–Kier alpha value is -0.520. The van der Waals surface area contributed by atoms with E-state index in [0.717, 1.165) is 19.4 Å². The van der Waals surface area contributed by atoms with E-state index in [1.54, 1.807) is 5.38 Å². The molecule has 1 aromatic rings. The lowest BCUT2D eigenvalue weighted by Crippen LogP contribution is -2.28. The first-order chi connectivity index (χ1) is 5.88. The number of aromatic nitrogens is 2. The van der Waals surface area contributed by atoms with Gasteiger partial charge in [-0.3, -0.25) is 0 Å². The molecule has 4 nitrogen and oxygen atoms in total. The zero-order chi connectivity index (χ0) is 8.39. The maximum Gasteiger partial charge on any atom is 0.114 e. The van der Waals surface area contributed by atoms with Crippen LogP contribution < -0.4 is 5.32 Å². The van der Waals surface area contributed by atoms with Crippen LogP contribution in [0.4, 0.5) is 0 Å². The fourth-order valence-corrected chi connectivity index (χ4v) is 1.97. The summed E-state index contributed by atoms with van der Waals surface area (Å²) in [4.78, 5) is 0. The summed E-state index contributed by atoms with van der Waals surface area (Å²) in [5.41, 5.74) is 0.694. The number of aliphatic hydroxyl groups is 1. The first-order valence-corrected chi connectivity index (χ1v) is 4.90. The van der Waals surface area contributed by atoms with Gasteiger partial charge in [0.05, 0.1) is 0 Å². The summed E-state index contributed by atoms with van der Waals surface area (Å²) in [5, 5.41) is 18.6. The zero-order valence-corrected chi connectivity index (χ0v) is 7.42. The summed E-state index contributed by atoms with van der Waals surface area (Å²) in [6.45, 7) is 0.999. The molecular weight excluding hydrogens is 174 g/mol. The molecule has 12 heavy (non-hydrogen) atoms. The number of nitrogens with zero attached hydrogens (tertiary/aromatic N) is 2. The van der Waals surface area contributed by atoms with Gasteiger partial charge >= 0.3 is 0 Å². The number of hydrogen-bond donors (Lipinski definition) is 2. The fourth-order valence-electron chi connectivity index (χ4n) is 1.49. The van der Waals surface area contributed by atoms with Crippen molar-refractivity contribution in [2.24, 2.45) is 0 Å². The van der Waals surface area contributed by atoms with E-state index in [1.807, 2.05) is 0 Å². The Balaban J connectivity index is 2.04. The minimum Gasteiger partial charge on any atom is -0.385 e. The van der Waals surface area contributed by atoms with E-state index in [9.17, 15) is 5.11 Å². The molecule has 1 aliphatic heterocycles. The van der Waals surface area contributed by atoms with Crippen molar-refractivity contribution in [2.45, 2.75) is 25.0 Å². The molecule has 0 aliphatic carbocycles. The van der Waals surface area contributed by atoms with Crippen LogP contribution in [-0.2, 0) is 0 Å². The van der Waals surface area contributed by atoms with Crippen molar-refractivity contribution in [3.05, 3.63) is 11.1 Å². The highest BCUT2D eigenvalue weighted by Gasteiger charge is 2.25. The van der Waals surface area contributed by atoms with E-state index in [-0.39, 0.29) is 6.04 Å². The van der Waals surface area contributed by atoms with Crippen molar-refractivity contribution >= 4 is 11.5 Å². The maximum atomic E-state index is 9.75. The van der Waals surface area contributed by atoms with Crippen molar-refractivity contribution in [3.63, 3.8) is 0 Å². The quantitative estimate of drug-likeness (QED) is 0.697. The molecule has 2 N–H and O–H groups in total. The highest BCUT2D eigenvalue weighted by molar-refractivity contribution is 7.03. The lowest BCUT2D eigenvalue weighted by atomic mass is 10.1. The van der Waals surface area contributed by atoms with Crippen molar-refractivity contribution < 1.29 is 5.11 Å². The standard InChI is InChI=1S/C7H11N3OS/c11-7(5-2-1-3-8-5)6-4-12-10-9-6/h4-5,7-8,11H,1-3H2. The SMILES string of the molecule is OC(c1csnn1)C1CCCN1. The maximum absolute atomic E-state index is 9.75. The molecule has 5 heteroatoms. The molecule has 0 bridgehead atoms. The van der Waals surface area contributed by atoms with Gasteiger partial charge in [-0.15, -0.1) is 5.10 Å². The Morgan fingerprint density at radius 1 is 1.75 bits per heavy atom. The Bertz CT molecular complexity index is 233. The fraction of sp³-hybridized carbons (Fsp3) is 0.714. The number of hydrogen-bond acceptors (Lipinski definition) is 5. The summed E-state index contributed by atoms with van der Waals surface area (Å²) in [7, 11) is 0. The van der Waals surface area contributed by atoms with Crippen molar-refractivity contribution in [1.29, 1.82) is 0 Å². The summed E-state index contributed by atoms with van der Waals surface area (Å²) in [5.74, 6) is 0. The second kappa shape index (κ2) is 3.47. The van der Waals surface area contributed by atoms with Crippen LogP contribution >= 0.6 is 11.5 Å². The highest BCUT2D eigenvalue weighted by atomic mass is 32.1. The molecule has 0 spiro atoms. The van der Waals surface area contributed by atoms with Crippen LogP contribution in [0, 0.1) is 0 Å². The van der Waals surface area contributed by atoms with E-state index in [4.69, 9.17) is 0 Å². The van der Waals surface area contributed by atoms with Gasteiger partial charge in [-0.05, 0) is 30.9 Å². The van der Waals surface area contributed by atoms with Gasteiger partial charge in [0.1, 0.15) is 11.8 Å². The zero-order valence-electron chi connectivity index (χ0n) is 6.60. The lowest BCUT2D eigenvalue weighted by Gasteiger charge is -2.14. The van der Waals surface area contributed by atoms with E-state index in [1.165, 1.54) is 11.5 Å². The number of aliphatic hydroxyl groups excluding tert-OH is 1. The average molecular weight is 185 g/mol. The second-order valence-corrected chi connectivity index (χ2v) is 3.59. The third-order valence-corrected chi connectivity index (χ3v) is 2.68. The molecule has 2 heterocycles. The molecule has 1 aliphatic rings. The van der Waals surface area contributed by atoms with E-state index in [2.05, 4.69) is 14.9 Å². The molecular formula is C7H11N3OS. The lowest BCUT2D eigenvalue weighted by molar-refractivity contribution is 0.133. The van der Waals surface area contributed by atoms with Gasteiger partial charge in [-0.25, -0.2) is 0 Å². The molecule has 66 valence electrons. The van der Waals surface area contributed by atoms with Gasteiger partial charge in [0.15, 0.2) is 0 Å². The molecule has 0 amide bonds. The number of nitrogens with one attached hydrogen (secondary N) is 1. The molecule has 1 fully saturated rings. The van der Waals surface area contributed by atoms with E-state index >= 15 is 0 Å². The average Bonchev–Trinajstić information content (AvgIpc) is 2.77. The normalized spacial score (nSPS) is 25.9. The predicted octanol–water partition coefficient (Wildman–Crippen LogP) is 0.323. The van der Waals surface area contributed by atoms with Crippen LogP contribution in [0.15, 0.2) is 5.38 Å². The first kappa shape index (κ1) is 8.10. The largest absolute Gasteiger partial charge is 0.385 e. The molecule has 0 saturated carbocycles. The van der Waals surface area contributed by atoms with Gasteiger partial charge < -0.3 is 10.4 Å². The minimum atomic E-state index is -0.480. The first-order valence-electron chi connectivity index (χ1n) is 4.06. The van der Waals surface area contributed by atoms with Gasteiger partial charge in [0.2, 0.25) is 0 Å². The Morgan fingerprint density at radius 2 is 2.67 bits per heavy atom. The summed E-state index contributed by atoms with van der Waals surface area (Å²) < 4.78 is 3.72. The molecule has 2 atom stereocenters. The van der Waals surface area contributed by atoms with Crippen LogP contribution in [0.1, 0.15) is 24.6 Å². The molecule has 0 radical (unpaired) electrons. The Kier molecular flexibility index (Phi) is 2.34. The Labute approximate surface area is 74.8 Å². The monoisotopic (exact) mass is 185 g/mol. The van der Waals surface area contributed by atoms with Crippen LogP contribution in [0.25, 0.3) is 0 Å². The van der Waals surface area contributed by atoms with Crippen LogP contribution in [-0.4, -0.2) is 27.3 Å². The number of rotatable bonds is 2.